The lowest BCUT2D eigenvalue weighted by atomic mass is 10.2. The number of hydrogen-bond donors (Lipinski definition) is 0. The SMILES string of the molecule is Cc1ccc([S+](C)(=O)CN(C)C)cc1. The zero-order valence-electron chi connectivity index (χ0n) is 9.28. The van der Waals surface area contributed by atoms with Crippen molar-refractivity contribution in [3.8, 4) is 0 Å². The van der Waals surface area contributed by atoms with Crippen LogP contribution in [0.5, 0.6) is 0 Å². The average molecular weight is 212 g/mol. The first-order valence-corrected chi connectivity index (χ1v) is 6.74. The lowest BCUT2D eigenvalue weighted by Crippen LogP contribution is -2.26. The Labute approximate surface area is 87.4 Å². The third kappa shape index (κ3) is 2.93. The van der Waals surface area contributed by atoms with Crippen molar-refractivity contribution in [2.45, 2.75) is 11.8 Å². The molecule has 0 aromatic heterocycles. The van der Waals surface area contributed by atoms with E-state index in [9.17, 15) is 4.21 Å². The first kappa shape index (κ1) is 11.4. The predicted octanol–water partition coefficient (Wildman–Crippen LogP) is 2.00. The highest BCUT2D eigenvalue weighted by atomic mass is 32.2. The fraction of sp³-hybridized carbons (Fsp3) is 0.455. The smallest absolute Gasteiger partial charge is 0.170 e. The van der Waals surface area contributed by atoms with Crippen LogP contribution in [-0.2, 0) is 14.1 Å². The van der Waals surface area contributed by atoms with E-state index in [1.54, 1.807) is 0 Å². The van der Waals surface area contributed by atoms with E-state index < -0.39 is 9.93 Å². The summed E-state index contributed by atoms with van der Waals surface area (Å²) in [5.74, 6) is 0.607. The van der Waals surface area contributed by atoms with Crippen LogP contribution in [0, 0.1) is 6.92 Å². The number of aryl methyl sites for hydroxylation is 1. The molecule has 0 bridgehead atoms. The van der Waals surface area contributed by atoms with Gasteiger partial charge in [0.1, 0.15) is 16.2 Å². The van der Waals surface area contributed by atoms with Crippen molar-refractivity contribution in [2.75, 3.05) is 26.2 Å². The molecule has 3 heteroatoms. The van der Waals surface area contributed by atoms with Crippen molar-refractivity contribution < 1.29 is 4.21 Å². The van der Waals surface area contributed by atoms with Crippen LogP contribution in [0.3, 0.4) is 0 Å². The summed E-state index contributed by atoms with van der Waals surface area (Å²) in [6.07, 6.45) is 1.82. The molecule has 1 aromatic rings. The number of nitrogens with zero attached hydrogens (tertiary/aromatic N) is 1. The Bertz CT molecular complexity index is 343. The lowest BCUT2D eigenvalue weighted by Gasteiger charge is -2.12. The minimum absolute atomic E-state index is 0.607. The summed E-state index contributed by atoms with van der Waals surface area (Å²) in [7, 11) is 1.98. The highest BCUT2D eigenvalue weighted by Gasteiger charge is 2.25. The zero-order valence-corrected chi connectivity index (χ0v) is 10.1. The third-order valence-electron chi connectivity index (χ3n) is 2.02. The van der Waals surface area contributed by atoms with E-state index >= 15 is 0 Å². The Morgan fingerprint density at radius 3 is 2.14 bits per heavy atom. The van der Waals surface area contributed by atoms with Crippen LogP contribution in [0.15, 0.2) is 29.2 Å². The van der Waals surface area contributed by atoms with Crippen molar-refractivity contribution in [1.82, 2.24) is 4.90 Å². The molecule has 0 heterocycles. The molecule has 0 saturated carbocycles. The minimum Gasteiger partial charge on any atom is -0.267 e. The Morgan fingerprint density at radius 2 is 1.71 bits per heavy atom. The van der Waals surface area contributed by atoms with Crippen LogP contribution in [-0.4, -0.2) is 31.1 Å². The molecule has 14 heavy (non-hydrogen) atoms. The molecule has 1 atom stereocenters. The molecule has 0 aliphatic carbocycles. The van der Waals surface area contributed by atoms with Crippen molar-refractivity contribution in [3.63, 3.8) is 0 Å². The van der Waals surface area contributed by atoms with Gasteiger partial charge in [0.25, 0.3) is 0 Å². The van der Waals surface area contributed by atoms with Gasteiger partial charge in [-0.2, -0.15) is 0 Å². The van der Waals surface area contributed by atoms with E-state index in [4.69, 9.17) is 0 Å². The average Bonchev–Trinajstić information content (AvgIpc) is 2.02. The maximum atomic E-state index is 12.3. The highest BCUT2D eigenvalue weighted by Crippen LogP contribution is 2.17. The van der Waals surface area contributed by atoms with Crippen LogP contribution in [0.2, 0.25) is 0 Å². The Morgan fingerprint density at radius 1 is 1.21 bits per heavy atom. The Kier molecular flexibility index (Phi) is 3.45. The minimum atomic E-state index is -1.90. The fourth-order valence-electron chi connectivity index (χ4n) is 1.39. The summed E-state index contributed by atoms with van der Waals surface area (Å²) in [6, 6.07) is 7.94. The predicted molar refractivity (Wildman–Crippen MR) is 62.0 cm³/mol. The number of hydrogen-bond acceptors (Lipinski definition) is 2. The summed E-state index contributed by atoms with van der Waals surface area (Å²) in [6.45, 7) is 2.03. The maximum Gasteiger partial charge on any atom is 0.170 e. The van der Waals surface area contributed by atoms with Crippen molar-refractivity contribution >= 4 is 9.93 Å². The first-order chi connectivity index (χ1) is 6.42. The molecule has 1 unspecified atom stereocenters. The molecule has 0 spiro atoms. The summed E-state index contributed by atoms with van der Waals surface area (Å²) in [5.41, 5.74) is 1.20. The molecule has 1 rings (SSSR count). The maximum absolute atomic E-state index is 12.3. The van der Waals surface area contributed by atoms with Crippen LogP contribution < -0.4 is 0 Å². The fourth-order valence-corrected chi connectivity index (χ4v) is 3.24. The molecule has 0 fully saturated rings. The van der Waals surface area contributed by atoms with E-state index in [1.807, 2.05) is 56.4 Å². The second-order valence-electron chi connectivity index (χ2n) is 4.03. The van der Waals surface area contributed by atoms with Crippen molar-refractivity contribution in [2.24, 2.45) is 0 Å². The summed E-state index contributed by atoms with van der Waals surface area (Å²) < 4.78 is 12.3. The van der Waals surface area contributed by atoms with Gasteiger partial charge in [-0.05, 0) is 33.2 Å². The highest BCUT2D eigenvalue weighted by molar-refractivity contribution is 8.02. The van der Waals surface area contributed by atoms with Gasteiger partial charge in [0.05, 0.1) is 0 Å². The third-order valence-corrected chi connectivity index (χ3v) is 4.30. The molecule has 0 N–H and O–H groups in total. The molecule has 0 aliphatic heterocycles. The Hall–Kier alpha value is -0.670. The molecule has 78 valence electrons. The largest absolute Gasteiger partial charge is 0.267 e. The molecule has 1 aromatic carbocycles. The monoisotopic (exact) mass is 212 g/mol. The van der Waals surface area contributed by atoms with E-state index in [0.717, 1.165) is 4.90 Å². The van der Waals surface area contributed by atoms with E-state index in [0.29, 0.717) is 5.88 Å². The summed E-state index contributed by atoms with van der Waals surface area (Å²) >= 11 is 0. The van der Waals surface area contributed by atoms with E-state index in [2.05, 4.69) is 0 Å². The van der Waals surface area contributed by atoms with E-state index in [-0.39, 0.29) is 0 Å². The van der Waals surface area contributed by atoms with Crippen molar-refractivity contribution in [3.05, 3.63) is 29.8 Å². The van der Waals surface area contributed by atoms with Gasteiger partial charge in [0, 0.05) is 0 Å². The normalized spacial score (nSPS) is 15.5. The Balaban J connectivity index is 2.92. The second-order valence-corrected chi connectivity index (χ2v) is 6.77. The number of benzene rings is 1. The second kappa shape index (κ2) is 4.24. The van der Waals surface area contributed by atoms with Crippen LogP contribution in [0.4, 0.5) is 0 Å². The quantitative estimate of drug-likeness (QED) is 0.714. The molecule has 0 aliphatic rings. The van der Waals surface area contributed by atoms with Gasteiger partial charge < -0.3 is 0 Å². The molecule has 0 radical (unpaired) electrons. The summed E-state index contributed by atoms with van der Waals surface area (Å²) in [4.78, 5) is 2.90. The van der Waals surface area contributed by atoms with Gasteiger partial charge in [-0.1, -0.05) is 21.9 Å². The van der Waals surface area contributed by atoms with E-state index in [1.165, 1.54) is 5.56 Å². The molecular formula is C11H18NOS+. The number of rotatable bonds is 3. The molecule has 0 amide bonds. The van der Waals surface area contributed by atoms with Gasteiger partial charge in [-0.25, -0.2) is 0 Å². The van der Waals surface area contributed by atoms with Gasteiger partial charge >= 0.3 is 0 Å². The van der Waals surface area contributed by atoms with Crippen molar-refractivity contribution in [1.29, 1.82) is 0 Å². The topological polar surface area (TPSA) is 20.3 Å². The lowest BCUT2D eigenvalue weighted by molar-refractivity contribution is 0.467. The van der Waals surface area contributed by atoms with Gasteiger partial charge in [-0.15, -0.1) is 0 Å². The first-order valence-electron chi connectivity index (χ1n) is 4.60. The molecule has 2 nitrogen and oxygen atoms in total. The molecular weight excluding hydrogens is 194 g/mol. The van der Waals surface area contributed by atoms with Gasteiger partial charge in [0.2, 0.25) is 0 Å². The van der Waals surface area contributed by atoms with Crippen LogP contribution >= 0.6 is 0 Å². The van der Waals surface area contributed by atoms with Gasteiger partial charge in [0.15, 0.2) is 10.8 Å². The van der Waals surface area contributed by atoms with Crippen LogP contribution in [0.1, 0.15) is 5.56 Å². The van der Waals surface area contributed by atoms with Gasteiger partial charge in [-0.3, -0.25) is 4.90 Å². The standard InChI is InChI=1S/C11H18NOS/c1-10-5-7-11(8-6-10)14(4,13)9-12(2)3/h5-8H,9H2,1-4H3/q+1. The zero-order chi connectivity index (χ0) is 10.8. The van der Waals surface area contributed by atoms with Crippen LogP contribution in [0.25, 0.3) is 0 Å². The summed E-state index contributed by atoms with van der Waals surface area (Å²) in [5, 5.41) is 0. The molecule has 0 saturated heterocycles.